The van der Waals surface area contributed by atoms with Gasteiger partial charge in [0.2, 0.25) is 5.95 Å². The Morgan fingerprint density at radius 2 is 1.85 bits per heavy atom. The maximum Gasteiger partial charge on any atom is 0.223 e. The standard InChI is InChI=1S/C14H17ClN4O/c1-14(2,3)12-17-11(18-13(16)19-12)9-6-5-8(15)7-10(9)20-4/h5-7H,1-4H3,(H2,16,17,18,19). The Bertz CT molecular complexity index is 638. The molecule has 0 bridgehead atoms. The molecule has 20 heavy (non-hydrogen) atoms. The summed E-state index contributed by atoms with van der Waals surface area (Å²) in [4.78, 5) is 12.9. The van der Waals surface area contributed by atoms with E-state index < -0.39 is 0 Å². The highest BCUT2D eigenvalue weighted by atomic mass is 35.5. The molecule has 1 heterocycles. The van der Waals surface area contributed by atoms with Gasteiger partial charge in [-0.1, -0.05) is 32.4 Å². The third-order valence-corrected chi connectivity index (χ3v) is 2.96. The van der Waals surface area contributed by atoms with Crippen LogP contribution in [0.25, 0.3) is 11.4 Å². The number of aromatic nitrogens is 3. The van der Waals surface area contributed by atoms with Crippen molar-refractivity contribution in [3.8, 4) is 17.1 Å². The van der Waals surface area contributed by atoms with Gasteiger partial charge >= 0.3 is 0 Å². The minimum Gasteiger partial charge on any atom is -0.496 e. The van der Waals surface area contributed by atoms with Crippen molar-refractivity contribution in [1.82, 2.24) is 15.0 Å². The molecule has 106 valence electrons. The zero-order valence-corrected chi connectivity index (χ0v) is 12.7. The number of rotatable bonds is 2. The molecule has 0 saturated carbocycles. The number of hydrogen-bond acceptors (Lipinski definition) is 5. The van der Waals surface area contributed by atoms with Gasteiger partial charge in [0.25, 0.3) is 0 Å². The van der Waals surface area contributed by atoms with Crippen molar-refractivity contribution in [3.63, 3.8) is 0 Å². The number of anilines is 1. The SMILES string of the molecule is COc1cc(Cl)ccc1-c1nc(N)nc(C(C)(C)C)n1. The van der Waals surface area contributed by atoms with E-state index in [1.807, 2.05) is 26.8 Å². The summed E-state index contributed by atoms with van der Waals surface area (Å²) >= 11 is 5.96. The molecule has 1 aromatic heterocycles. The van der Waals surface area contributed by atoms with E-state index in [1.54, 1.807) is 19.2 Å². The van der Waals surface area contributed by atoms with Crippen LogP contribution in [0.2, 0.25) is 5.02 Å². The van der Waals surface area contributed by atoms with Crippen LogP contribution in [-0.2, 0) is 5.41 Å². The average Bonchev–Trinajstić information content (AvgIpc) is 2.36. The molecular weight excluding hydrogens is 276 g/mol. The molecule has 0 amide bonds. The van der Waals surface area contributed by atoms with E-state index in [0.29, 0.717) is 22.4 Å². The molecule has 0 atom stereocenters. The fourth-order valence-corrected chi connectivity index (χ4v) is 1.86. The predicted molar refractivity (Wildman–Crippen MR) is 79.9 cm³/mol. The number of benzene rings is 1. The Kier molecular flexibility index (Phi) is 3.81. The van der Waals surface area contributed by atoms with Crippen LogP contribution in [0.4, 0.5) is 5.95 Å². The van der Waals surface area contributed by atoms with E-state index >= 15 is 0 Å². The second-order valence-electron chi connectivity index (χ2n) is 5.44. The van der Waals surface area contributed by atoms with Crippen LogP contribution in [0, 0.1) is 0 Å². The minimum atomic E-state index is -0.217. The van der Waals surface area contributed by atoms with Crippen LogP contribution >= 0.6 is 11.6 Å². The van der Waals surface area contributed by atoms with Crippen LogP contribution in [0.1, 0.15) is 26.6 Å². The summed E-state index contributed by atoms with van der Waals surface area (Å²) in [5.41, 5.74) is 6.30. The lowest BCUT2D eigenvalue weighted by Crippen LogP contribution is -2.18. The van der Waals surface area contributed by atoms with E-state index in [9.17, 15) is 0 Å². The molecule has 0 aliphatic carbocycles. The van der Waals surface area contributed by atoms with E-state index in [1.165, 1.54) is 0 Å². The third kappa shape index (κ3) is 2.99. The number of nitrogens with two attached hydrogens (primary N) is 1. The topological polar surface area (TPSA) is 73.9 Å². The van der Waals surface area contributed by atoms with Gasteiger partial charge in [0.15, 0.2) is 5.82 Å². The summed E-state index contributed by atoms with van der Waals surface area (Å²) < 4.78 is 5.32. The number of methoxy groups -OCH3 is 1. The summed E-state index contributed by atoms with van der Waals surface area (Å²) in [6, 6.07) is 5.28. The third-order valence-electron chi connectivity index (χ3n) is 2.73. The van der Waals surface area contributed by atoms with Crippen molar-refractivity contribution in [2.45, 2.75) is 26.2 Å². The quantitative estimate of drug-likeness (QED) is 0.920. The normalized spacial score (nSPS) is 11.4. The molecule has 0 saturated heterocycles. The molecule has 1 aromatic carbocycles. The van der Waals surface area contributed by atoms with Crippen LogP contribution in [0.5, 0.6) is 5.75 Å². The minimum absolute atomic E-state index is 0.192. The first-order chi connectivity index (χ1) is 9.31. The van der Waals surface area contributed by atoms with Crippen LogP contribution in [0.3, 0.4) is 0 Å². The van der Waals surface area contributed by atoms with Crippen molar-refractivity contribution < 1.29 is 4.74 Å². The molecule has 5 nitrogen and oxygen atoms in total. The van der Waals surface area contributed by atoms with Gasteiger partial charge in [-0.05, 0) is 18.2 Å². The molecule has 0 fully saturated rings. The van der Waals surface area contributed by atoms with Crippen LogP contribution in [0.15, 0.2) is 18.2 Å². The zero-order chi connectivity index (χ0) is 14.9. The Morgan fingerprint density at radius 3 is 2.45 bits per heavy atom. The molecular formula is C14H17ClN4O. The van der Waals surface area contributed by atoms with Gasteiger partial charge in [-0.25, -0.2) is 4.98 Å². The molecule has 2 rings (SSSR count). The average molecular weight is 293 g/mol. The largest absolute Gasteiger partial charge is 0.496 e. The van der Waals surface area contributed by atoms with E-state index in [4.69, 9.17) is 22.1 Å². The smallest absolute Gasteiger partial charge is 0.223 e. The molecule has 0 unspecified atom stereocenters. The lowest BCUT2D eigenvalue weighted by molar-refractivity contribution is 0.416. The molecule has 0 aliphatic rings. The molecule has 0 spiro atoms. The van der Waals surface area contributed by atoms with Gasteiger partial charge in [-0.2, -0.15) is 9.97 Å². The molecule has 2 aromatic rings. The highest BCUT2D eigenvalue weighted by molar-refractivity contribution is 6.30. The Hall–Kier alpha value is -1.88. The van der Waals surface area contributed by atoms with E-state index in [2.05, 4.69) is 15.0 Å². The van der Waals surface area contributed by atoms with E-state index in [-0.39, 0.29) is 11.4 Å². The second-order valence-corrected chi connectivity index (χ2v) is 5.87. The molecule has 0 radical (unpaired) electrons. The highest BCUT2D eigenvalue weighted by Gasteiger charge is 2.20. The molecule has 6 heteroatoms. The molecule has 2 N–H and O–H groups in total. The number of ether oxygens (including phenoxy) is 1. The Labute approximate surface area is 123 Å². The van der Waals surface area contributed by atoms with E-state index in [0.717, 1.165) is 5.56 Å². The molecule has 0 aliphatic heterocycles. The lowest BCUT2D eigenvalue weighted by Gasteiger charge is -2.17. The number of halogens is 1. The number of hydrogen-bond donors (Lipinski definition) is 1. The van der Waals surface area contributed by atoms with Gasteiger partial charge in [0.1, 0.15) is 11.6 Å². The number of nitrogens with zero attached hydrogens (tertiary/aromatic N) is 3. The monoisotopic (exact) mass is 292 g/mol. The summed E-state index contributed by atoms with van der Waals surface area (Å²) in [7, 11) is 1.57. The van der Waals surface area contributed by atoms with Gasteiger partial charge in [-0.3, -0.25) is 0 Å². The van der Waals surface area contributed by atoms with Gasteiger partial charge in [-0.15, -0.1) is 0 Å². The van der Waals surface area contributed by atoms with Crippen molar-refractivity contribution in [1.29, 1.82) is 0 Å². The van der Waals surface area contributed by atoms with Gasteiger partial charge < -0.3 is 10.5 Å². The summed E-state index contributed by atoms with van der Waals surface area (Å²) in [5, 5.41) is 0.587. The highest BCUT2D eigenvalue weighted by Crippen LogP contribution is 2.31. The summed E-state index contributed by atoms with van der Waals surface area (Å²) in [6.45, 7) is 6.06. The van der Waals surface area contributed by atoms with Crippen molar-refractivity contribution in [3.05, 3.63) is 29.0 Å². The number of nitrogen functional groups attached to an aromatic ring is 1. The van der Waals surface area contributed by atoms with Gasteiger partial charge in [0.05, 0.1) is 12.7 Å². The summed E-state index contributed by atoms with van der Waals surface area (Å²) in [6.07, 6.45) is 0. The van der Waals surface area contributed by atoms with Crippen molar-refractivity contribution in [2.24, 2.45) is 0 Å². The zero-order valence-electron chi connectivity index (χ0n) is 11.9. The first-order valence-corrected chi connectivity index (χ1v) is 6.55. The maximum absolute atomic E-state index is 5.96. The summed E-state index contributed by atoms with van der Waals surface area (Å²) in [5.74, 6) is 1.91. The Balaban J connectivity index is 2.61. The van der Waals surface area contributed by atoms with Gasteiger partial charge in [0, 0.05) is 10.4 Å². The van der Waals surface area contributed by atoms with Crippen molar-refractivity contribution in [2.75, 3.05) is 12.8 Å². The lowest BCUT2D eigenvalue weighted by atomic mass is 9.96. The Morgan fingerprint density at radius 1 is 1.15 bits per heavy atom. The fourth-order valence-electron chi connectivity index (χ4n) is 1.70. The fraction of sp³-hybridized carbons (Fsp3) is 0.357. The van der Waals surface area contributed by atoms with Crippen LogP contribution < -0.4 is 10.5 Å². The van der Waals surface area contributed by atoms with Crippen LogP contribution in [-0.4, -0.2) is 22.1 Å². The first-order valence-electron chi connectivity index (χ1n) is 6.17. The maximum atomic E-state index is 5.96. The predicted octanol–water partition coefficient (Wildman–Crippen LogP) is 3.08. The first kappa shape index (κ1) is 14.5. The second kappa shape index (κ2) is 5.25. The van der Waals surface area contributed by atoms with Crippen molar-refractivity contribution >= 4 is 17.5 Å².